The van der Waals surface area contributed by atoms with Crippen LogP contribution >= 0.6 is 0 Å². The van der Waals surface area contributed by atoms with Crippen molar-refractivity contribution in [3.05, 3.63) is 54.2 Å². The maximum Gasteiger partial charge on any atom is 0.145 e. The van der Waals surface area contributed by atoms with Gasteiger partial charge < -0.3 is 24.3 Å². The fourth-order valence-corrected chi connectivity index (χ4v) is 5.88. The van der Waals surface area contributed by atoms with Crippen LogP contribution in [0, 0.1) is 12.8 Å². The fourth-order valence-electron chi connectivity index (χ4n) is 5.88. The summed E-state index contributed by atoms with van der Waals surface area (Å²) in [4.78, 5) is 2.38. The smallest absolute Gasteiger partial charge is 0.145 e. The number of rotatable bonds is 8. The summed E-state index contributed by atoms with van der Waals surface area (Å²) in [7, 11) is 5.53. The molecule has 0 amide bonds. The van der Waals surface area contributed by atoms with Gasteiger partial charge in [0, 0.05) is 54.1 Å². The monoisotopic (exact) mass is 499 g/mol. The number of hydrogen-bond acceptors (Lipinski definition) is 5. The van der Waals surface area contributed by atoms with Crippen molar-refractivity contribution in [2.45, 2.75) is 45.2 Å². The molecule has 2 fully saturated rings. The second kappa shape index (κ2) is 9.45. The van der Waals surface area contributed by atoms with Crippen LogP contribution in [0.3, 0.4) is 0 Å². The molecule has 3 aromatic heterocycles. The van der Waals surface area contributed by atoms with E-state index in [0.717, 1.165) is 76.8 Å². The summed E-state index contributed by atoms with van der Waals surface area (Å²) in [6, 6.07) is 11.1. The highest BCUT2D eigenvalue weighted by molar-refractivity contribution is 5.92. The lowest BCUT2D eigenvalue weighted by molar-refractivity contribution is 0.273. The Morgan fingerprint density at radius 3 is 2.65 bits per heavy atom. The minimum Gasteiger partial charge on any atom is -0.495 e. The van der Waals surface area contributed by atoms with E-state index in [1.54, 1.807) is 14.2 Å². The fraction of sp³-hybridized carbons (Fsp3) is 0.433. The lowest BCUT2D eigenvalue weighted by Gasteiger charge is -2.35. The first-order chi connectivity index (χ1) is 18.0. The van der Waals surface area contributed by atoms with E-state index in [9.17, 15) is 0 Å². The van der Waals surface area contributed by atoms with Gasteiger partial charge in [0.2, 0.25) is 0 Å². The third kappa shape index (κ3) is 4.15. The van der Waals surface area contributed by atoms with Crippen LogP contribution in [0.5, 0.6) is 11.5 Å². The van der Waals surface area contributed by atoms with Gasteiger partial charge in [0.25, 0.3) is 0 Å². The molecule has 1 unspecified atom stereocenters. The van der Waals surface area contributed by atoms with E-state index in [1.807, 2.05) is 17.6 Å². The van der Waals surface area contributed by atoms with E-state index in [-0.39, 0.29) is 0 Å². The van der Waals surface area contributed by atoms with Gasteiger partial charge in [0.05, 0.1) is 25.4 Å². The Morgan fingerprint density at radius 2 is 1.92 bits per heavy atom. The molecule has 0 radical (unpaired) electrons. The van der Waals surface area contributed by atoms with Gasteiger partial charge in [-0.1, -0.05) is 18.7 Å². The molecule has 4 heterocycles. The van der Waals surface area contributed by atoms with Crippen LogP contribution < -0.4 is 14.8 Å². The van der Waals surface area contributed by atoms with Crippen molar-refractivity contribution in [3.63, 3.8) is 0 Å². The van der Waals surface area contributed by atoms with Crippen LogP contribution in [0.4, 0.5) is 0 Å². The summed E-state index contributed by atoms with van der Waals surface area (Å²) in [6.45, 7) is 9.58. The Morgan fingerprint density at radius 1 is 1.11 bits per heavy atom. The summed E-state index contributed by atoms with van der Waals surface area (Å²) < 4.78 is 16.1. The predicted octanol–water partition coefficient (Wildman–Crippen LogP) is 5.35. The van der Waals surface area contributed by atoms with Crippen molar-refractivity contribution in [2.75, 3.05) is 34.4 Å². The minimum atomic E-state index is 0.486. The van der Waals surface area contributed by atoms with Crippen molar-refractivity contribution in [1.29, 1.82) is 0 Å². The zero-order chi connectivity index (χ0) is 25.7. The molecule has 0 spiro atoms. The Kier molecular flexibility index (Phi) is 6.11. The first kappa shape index (κ1) is 23.9. The van der Waals surface area contributed by atoms with E-state index in [4.69, 9.17) is 14.6 Å². The van der Waals surface area contributed by atoms with Gasteiger partial charge in [-0.3, -0.25) is 0 Å². The zero-order valence-electron chi connectivity index (χ0n) is 22.4. The van der Waals surface area contributed by atoms with E-state index in [1.165, 1.54) is 24.6 Å². The van der Waals surface area contributed by atoms with Crippen LogP contribution in [0.1, 0.15) is 36.8 Å². The van der Waals surface area contributed by atoms with Crippen molar-refractivity contribution in [3.8, 4) is 22.9 Å². The standard InChI is InChI=1S/C30H37N5O2/c1-19-28(25-14-22-8-6-10-26(36-4)30(22)34(25)16-21-11-12-21)32-35-17-23(15-27(37-5)29(19)35)20(2)33-13-7-9-24(18-33)31-3/h6,8,10,14-15,17,21,24,31H,2,7,9,11-13,16,18H2,1,3-5H3. The van der Waals surface area contributed by atoms with E-state index in [0.29, 0.717) is 12.0 Å². The predicted molar refractivity (Wildman–Crippen MR) is 149 cm³/mol. The number of benzene rings is 1. The number of aromatic nitrogens is 3. The highest BCUT2D eigenvalue weighted by Crippen LogP contribution is 2.41. The van der Waals surface area contributed by atoms with Gasteiger partial charge >= 0.3 is 0 Å². The number of methoxy groups -OCH3 is 2. The highest BCUT2D eigenvalue weighted by Gasteiger charge is 2.28. The molecule has 1 aliphatic carbocycles. The van der Waals surface area contributed by atoms with Gasteiger partial charge in [0.1, 0.15) is 22.7 Å². The van der Waals surface area contributed by atoms with Crippen molar-refractivity contribution in [2.24, 2.45) is 5.92 Å². The molecule has 1 aromatic carbocycles. The van der Waals surface area contributed by atoms with Gasteiger partial charge in [-0.05, 0) is 63.8 Å². The lowest BCUT2D eigenvalue weighted by Crippen LogP contribution is -2.43. The largest absolute Gasteiger partial charge is 0.495 e. The molecule has 194 valence electrons. The molecule has 1 atom stereocenters. The number of nitrogens with one attached hydrogen (secondary N) is 1. The SMILES string of the molecule is C=C(c1cc(OC)c2c(C)c(-c3cc4cccc(OC)c4n3CC3CC3)nn2c1)N1CCCC(NC)C1. The molecule has 1 aliphatic heterocycles. The quantitative estimate of drug-likeness (QED) is 0.354. The molecule has 0 bridgehead atoms. The molecule has 1 saturated heterocycles. The van der Waals surface area contributed by atoms with Crippen LogP contribution in [0.15, 0.2) is 43.1 Å². The number of pyridine rings is 1. The summed E-state index contributed by atoms with van der Waals surface area (Å²) >= 11 is 0. The van der Waals surface area contributed by atoms with Crippen molar-refractivity contribution >= 4 is 22.1 Å². The molecule has 1 saturated carbocycles. The second-order valence-corrected chi connectivity index (χ2v) is 10.6. The first-order valence-electron chi connectivity index (χ1n) is 13.4. The number of nitrogens with zero attached hydrogens (tertiary/aromatic N) is 4. The van der Waals surface area contributed by atoms with E-state index in [2.05, 4.69) is 58.7 Å². The number of aryl methyl sites for hydroxylation is 1. The number of likely N-dealkylation sites (tertiary alicyclic amines) is 1. The number of fused-ring (bicyclic) bond motifs is 2. The third-order valence-corrected chi connectivity index (χ3v) is 8.18. The summed E-state index contributed by atoms with van der Waals surface area (Å²) in [5, 5.41) is 9.76. The Labute approximate surface area is 218 Å². The van der Waals surface area contributed by atoms with Gasteiger partial charge in [0.15, 0.2) is 0 Å². The van der Waals surface area contributed by atoms with Crippen LogP contribution in [0.25, 0.3) is 33.5 Å². The van der Waals surface area contributed by atoms with Crippen LogP contribution in [-0.2, 0) is 6.54 Å². The number of para-hydroxylation sites is 1. The van der Waals surface area contributed by atoms with Gasteiger partial charge in [-0.25, -0.2) is 4.52 Å². The minimum absolute atomic E-state index is 0.486. The second-order valence-electron chi connectivity index (χ2n) is 10.6. The zero-order valence-corrected chi connectivity index (χ0v) is 22.4. The molecule has 4 aromatic rings. The van der Waals surface area contributed by atoms with Crippen molar-refractivity contribution in [1.82, 2.24) is 24.4 Å². The number of ether oxygens (including phenoxy) is 2. The Hall–Kier alpha value is -3.45. The maximum absolute atomic E-state index is 5.92. The average molecular weight is 500 g/mol. The van der Waals surface area contributed by atoms with E-state index >= 15 is 0 Å². The van der Waals surface area contributed by atoms with Crippen molar-refractivity contribution < 1.29 is 9.47 Å². The van der Waals surface area contributed by atoms with Gasteiger partial charge in [-0.15, -0.1) is 0 Å². The molecular formula is C30H37N5O2. The summed E-state index contributed by atoms with van der Waals surface area (Å²) in [6.07, 6.45) is 7.02. The van der Waals surface area contributed by atoms with Gasteiger partial charge in [-0.2, -0.15) is 5.10 Å². The first-order valence-corrected chi connectivity index (χ1v) is 13.4. The molecular weight excluding hydrogens is 462 g/mol. The Balaban J connectivity index is 1.47. The molecule has 7 heteroatoms. The normalized spacial score (nSPS) is 18.1. The highest BCUT2D eigenvalue weighted by atomic mass is 16.5. The topological polar surface area (TPSA) is 56.0 Å². The average Bonchev–Trinajstić information content (AvgIpc) is 3.60. The maximum atomic E-state index is 5.92. The van der Waals surface area contributed by atoms with E-state index < -0.39 is 0 Å². The Bertz CT molecular complexity index is 1480. The number of piperidine rings is 1. The number of likely N-dealkylation sites (N-methyl/N-ethyl adjacent to an activating group) is 1. The third-order valence-electron chi connectivity index (χ3n) is 8.18. The van der Waals surface area contributed by atoms with Crippen LogP contribution in [0.2, 0.25) is 0 Å². The summed E-state index contributed by atoms with van der Waals surface area (Å²) in [5.41, 5.74) is 7.42. The molecule has 1 N–H and O–H groups in total. The lowest BCUT2D eigenvalue weighted by atomic mass is 10.0. The molecule has 7 nitrogen and oxygen atoms in total. The number of hydrogen-bond donors (Lipinski definition) is 1. The molecule has 2 aliphatic rings. The van der Waals surface area contributed by atoms with Crippen LogP contribution in [-0.4, -0.2) is 59.5 Å². The summed E-state index contributed by atoms with van der Waals surface area (Å²) in [5.74, 6) is 2.44. The molecule has 6 rings (SSSR count). The molecule has 37 heavy (non-hydrogen) atoms.